The van der Waals surface area contributed by atoms with Crippen molar-refractivity contribution in [2.75, 3.05) is 6.54 Å². The number of hydrogen-bond donors (Lipinski definition) is 2. The summed E-state index contributed by atoms with van der Waals surface area (Å²) in [5.74, 6) is -0.0460. The average molecular weight is 285 g/mol. The molecular weight excluding hydrogens is 266 g/mol. The van der Waals surface area contributed by atoms with Crippen LogP contribution in [0.2, 0.25) is 0 Å². The number of unbranched alkanes of at least 4 members (excludes halogenated alkanes) is 1. The van der Waals surface area contributed by atoms with Crippen LogP contribution in [0.15, 0.2) is 59.5 Å². The van der Waals surface area contributed by atoms with Gasteiger partial charge in [-0.25, -0.2) is 0 Å². The molecule has 0 fully saturated rings. The molecule has 0 aliphatic rings. The normalized spacial score (nSPS) is 10.2. The van der Waals surface area contributed by atoms with Crippen LogP contribution >= 0.6 is 12.6 Å². The van der Waals surface area contributed by atoms with E-state index in [4.69, 9.17) is 0 Å². The highest BCUT2D eigenvalue weighted by atomic mass is 32.1. The van der Waals surface area contributed by atoms with Gasteiger partial charge in [-0.05, 0) is 37.0 Å². The van der Waals surface area contributed by atoms with E-state index in [9.17, 15) is 4.79 Å². The van der Waals surface area contributed by atoms with Crippen molar-refractivity contribution in [3.05, 3.63) is 65.7 Å². The molecule has 0 radical (unpaired) electrons. The second-order valence-corrected chi connectivity index (χ2v) is 5.20. The van der Waals surface area contributed by atoms with Gasteiger partial charge in [0.25, 0.3) is 5.91 Å². The molecule has 2 rings (SSSR count). The molecule has 2 aromatic carbocycles. The molecule has 104 valence electrons. The van der Waals surface area contributed by atoms with Crippen LogP contribution in [0.5, 0.6) is 0 Å². The van der Waals surface area contributed by atoms with Crippen LogP contribution in [0.3, 0.4) is 0 Å². The molecule has 20 heavy (non-hydrogen) atoms. The van der Waals surface area contributed by atoms with Crippen LogP contribution < -0.4 is 5.32 Å². The molecule has 0 aliphatic carbocycles. The minimum atomic E-state index is -0.0460. The second kappa shape index (κ2) is 7.75. The third-order valence-electron chi connectivity index (χ3n) is 3.17. The van der Waals surface area contributed by atoms with E-state index >= 15 is 0 Å². The first-order valence-corrected chi connectivity index (χ1v) is 7.32. The number of carbonyl (C=O) groups is 1. The summed E-state index contributed by atoms with van der Waals surface area (Å²) >= 11 is 4.29. The van der Waals surface area contributed by atoms with Crippen molar-refractivity contribution in [3.8, 4) is 0 Å². The molecule has 1 amide bonds. The molecule has 0 unspecified atom stereocenters. The summed E-state index contributed by atoms with van der Waals surface area (Å²) < 4.78 is 0. The lowest BCUT2D eigenvalue weighted by Crippen LogP contribution is -2.24. The monoisotopic (exact) mass is 285 g/mol. The molecular formula is C17H19NOS. The van der Waals surface area contributed by atoms with Gasteiger partial charge in [-0.15, -0.1) is 12.6 Å². The molecule has 2 aromatic rings. The third kappa shape index (κ3) is 4.42. The first-order valence-electron chi connectivity index (χ1n) is 6.87. The standard InChI is InChI=1S/C17H19NOS/c19-17(15-11-4-5-12-16(15)20)18-13-7-6-10-14-8-2-1-3-9-14/h1-5,8-9,11-12,20H,6-7,10,13H2,(H,18,19). The fraction of sp³-hybridized carbons (Fsp3) is 0.235. The highest BCUT2D eigenvalue weighted by Crippen LogP contribution is 2.12. The van der Waals surface area contributed by atoms with Crippen molar-refractivity contribution < 1.29 is 4.79 Å². The van der Waals surface area contributed by atoms with Gasteiger partial charge in [0.2, 0.25) is 0 Å². The van der Waals surface area contributed by atoms with Gasteiger partial charge in [0.15, 0.2) is 0 Å². The van der Waals surface area contributed by atoms with Crippen molar-refractivity contribution in [2.24, 2.45) is 0 Å². The van der Waals surface area contributed by atoms with Gasteiger partial charge in [-0.2, -0.15) is 0 Å². The van der Waals surface area contributed by atoms with Crippen LogP contribution in [-0.4, -0.2) is 12.5 Å². The van der Waals surface area contributed by atoms with E-state index in [0.29, 0.717) is 17.0 Å². The Labute approximate surface area is 125 Å². The number of amides is 1. The maximum absolute atomic E-state index is 11.9. The summed E-state index contributed by atoms with van der Waals surface area (Å²) in [6, 6.07) is 17.8. The van der Waals surface area contributed by atoms with Crippen molar-refractivity contribution in [1.29, 1.82) is 0 Å². The average Bonchev–Trinajstić information content (AvgIpc) is 2.48. The largest absolute Gasteiger partial charge is 0.352 e. The van der Waals surface area contributed by atoms with Gasteiger partial charge in [0.05, 0.1) is 5.56 Å². The van der Waals surface area contributed by atoms with E-state index in [1.54, 1.807) is 6.07 Å². The van der Waals surface area contributed by atoms with E-state index in [0.717, 1.165) is 19.3 Å². The van der Waals surface area contributed by atoms with Crippen molar-refractivity contribution in [2.45, 2.75) is 24.2 Å². The Bertz CT molecular complexity index is 554. The van der Waals surface area contributed by atoms with Crippen LogP contribution in [0.25, 0.3) is 0 Å². The maximum Gasteiger partial charge on any atom is 0.252 e. The quantitative estimate of drug-likeness (QED) is 0.614. The number of benzene rings is 2. The number of rotatable bonds is 6. The van der Waals surface area contributed by atoms with Gasteiger partial charge in [0.1, 0.15) is 0 Å². The highest BCUT2D eigenvalue weighted by Gasteiger charge is 2.07. The topological polar surface area (TPSA) is 29.1 Å². The predicted octanol–water partition coefficient (Wildman–Crippen LogP) is 3.73. The van der Waals surface area contributed by atoms with Gasteiger partial charge >= 0.3 is 0 Å². The van der Waals surface area contributed by atoms with E-state index in [2.05, 4.69) is 42.2 Å². The molecule has 0 atom stereocenters. The lowest BCUT2D eigenvalue weighted by Gasteiger charge is -2.07. The zero-order chi connectivity index (χ0) is 14.2. The Morgan fingerprint density at radius 1 is 0.950 bits per heavy atom. The molecule has 0 saturated heterocycles. The SMILES string of the molecule is O=C(NCCCCc1ccccc1)c1ccccc1S. The maximum atomic E-state index is 11.9. The molecule has 1 N–H and O–H groups in total. The summed E-state index contributed by atoms with van der Waals surface area (Å²) in [5, 5.41) is 2.94. The minimum Gasteiger partial charge on any atom is -0.352 e. The van der Waals surface area contributed by atoms with Crippen molar-refractivity contribution >= 4 is 18.5 Å². The lowest BCUT2D eigenvalue weighted by atomic mass is 10.1. The molecule has 0 bridgehead atoms. The molecule has 0 aliphatic heterocycles. The number of thiol groups is 1. The first kappa shape index (κ1) is 14.7. The van der Waals surface area contributed by atoms with Gasteiger partial charge < -0.3 is 5.32 Å². The first-order chi connectivity index (χ1) is 9.77. The molecule has 3 heteroatoms. The Kier molecular flexibility index (Phi) is 5.69. The Hall–Kier alpha value is -1.74. The van der Waals surface area contributed by atoms with E-state index in [-0.39, 0.29) is 5.91 Å². The van der Waals surface area contributed by atoms with Gasteiger partial charge in [-0.1, -0.05) is 42.5 Å². The van der Waals surface area contributed by atoms with E-state index in [1.165, 1.54) is 5.56 Å². The molecule has 0 heterocycles. The second-order valence-electron chi connectivity index (χ2n) is 4.72. The van der Waals surface area contributed by atoms with Crippen LogP contribution in [0.4, 0.5) is 0 Å². The minimum absolute atomic E-state index is 0.0460. The molecule has 0 aromatic heterocycles. The summed E-state index contributed by atoms with van der Waals surface area (Å²) in [6.45, 7) is 0.702. The number of nitrogens with one attached hydrogen (secondary N) is 1. The fourth-order valence-electron chi connectivity index (χ4n) is 2.06. The number of aryl methyl sites for hydroxylation is 1. The molecule has 0 spiro atoms. The smallest absolute Gasteiger partial charge is 0.252 e. The van der Waals surface area contributed by atoms with Crippen LogP contribution in [0.1, 0.15) is 28.8 Å². The zero-order valence-electron chi connectivity index (χ0n) is 11.4. The Morgan fingerprint density at radius 2 is 1.65 bits per heavy atom. The predicted molar refractivity (Wildman–Crippen MR) is 85.4 cm³/mol. The zero-order valence-corrected chi connectivity index (χ0v) is 12.3. The molecule has 0 saturated carbocycles. The van der Waals surface area contributed by atoms with Crippen LogP contribution in [-0.2, 0) is 6.42 Å². The summed E-state index contributed by atoms with van der Waals surface area (Å²) in [4.78, 5) is 12.7. The van der Waals surface area contributed by atoms with Crippen LogP contribution in [0, 0.1) is 0 Å². The van der Waals surface area contributed by atoms with Crippen molar-refractivity contribution in [1.82, 2.24) is 5.32 Å². The molecule has 2 nitrogen and oxygen atoms in total. The number of hydrogen-bond acceptors (Lipinski definition) is 2. The summed E-state index contributed by atoms with van der Waals surface area (Å²) in [7, 11) is 0. The van der Waals surface area contributed by atoms with Gasteiger partial charge in [0, 0.05) is 11.4 Å². The summed E-state index contributed by atoms with van der Waals surface area (Å²) in [6.07, 6.45) is 3.11. The summed E-state index contributed by atoms with van der Waals surface area (Å²) in [5.41, 5.74) is 1.98. The fourth-order valence-corrected chi connectivity index (χ4v) is 2.32. The number of carbonyl (C=O) groups excluding carboxylic acids is 1. The Balaban J connectivity index is 1.69. The van der Waals surface area contributed by atoms with E-state index < -0.39 is 0 Å². The van der Waals surface area contributed by atoms with E-state index in [1.807, 2.05) is 24.3 Å². The lowest BCUT2D eigenvalue weighted by molar-refractivity contribution is 0.0950. The van der Waals surface area contributed by atoms with Gasteiger partial charge in [-0.3, -0.25) is 4.79 Å². The highest BCUT2D eigenvalue weighted by molar-refractivity contribution is 7.80. The Morgan fingerprint density at radius 3 is 2.40 bits per heavy atom. The third-order valence-corrected chi connectivity index (χ3v) is 3.56. The van der Waals surface area contributed by atoms with Crippen molar-refractivity contribution in [3.63, 3.8) is 0 Å².